The molecule has 10 nitrogen and oxygen atoms in total. The molecule has 1 N–H and O–H groups in total. The summed E-state index contributed by atoms with van der Waals surface area (Å²) in [5, 5.41) is 16.4. The van der Waals surface area contributed by atoms with E-state index >= 15 is 0 Å². The summed E-state index contributed by atoms with van der Waals surface area (Å²) < 4.78 is 14.6. The van der Waals surface area contributed by atoms with Crippen LogP contribution in [0.15, 0.2) is 34.9 Å². The molecule has 0 bridgehead atoms. The zero-order chi connectivity index (χ0) is 17.5. The highest BCUT2D eigenvalue weighted by Crippen LogP contribution is 2.17. The molecule has 0 saturated heterocycles. The van der Waals surface area contributed by atoms with Crippen LogP contribution in [0, 0.1) is 17.0 Å². The molecule has 1 amide bonds. The van der Waals surface area contributed by atoms with Gasteiger partial charge >= 0.3 is 5.97 Å². The van der Waals surface area contributed by atoms with Crippen molar-refractivity contribution in [1.82, 2.24) is 5.16 Å². The van der Waals surface area contributed by atoms with Crippen LogP contribution in [0.1, 0.15) is 5.76 Å². The smallest absolute Gasteiger partial charge is 0.344 e. The first-order valence-corrected chi connectivity index (χ1v) is 6.70. The number of non-ortho nitro benzene ring substituents is 1. The van der Waals surface area contributed by atoms with Gasteiger partial charge in [0.1, 0.15) is 11.5 Å². The lowest BCUT2D eigenvalue weighted by Crippen LogP contribution is -2.23. The predicted octanol–water partition coefficient (Wildman–Crippen LogP) is 1.45. The minimum atomic E-state index is -0.764. The van der Waals surface area contributed by atoms with Gasteiger partial charge in [-0.3, -0.25) is 14.9 Å². The maximum Gasteiger partial charge on any atom is 0.344 e. The number of anilines is 1. The van der Waals surface area contributed by atoms with Crippen molar-refractivity contribution < 1.29 is 28.5 Å². The average Bonchev–Trinajstić information content (AvgIpc) is 2.96. The molecule has 1 aromatic heterocycles. The molecule has 0 aliphatic heterocycles. The molecular formula is C14H13N3O7. The van der Waals surface area contributed by atoms with Crippen LogP contribution < -0.4 is 10.1 Å². The predicted molar refractivity (Wildman–Crippen MR) is 79.4 cm³/mol. The second kappa shape index (κ2) is 7.72. The number of hydrogen-bond acceptors (Lipinski definition) is 8. The zero-order valence-electron chi connectivity index (χ0n) is 12.6. The number of ether oxygens (including phenoxy) is 2. The highest BCUT2D eigenvalue weighted by molar-refractivity contribution is 5.91. The first-order chi connectivity index (χ1) is 11.4. The Bertz CT molecular complexity index is 739. The maximum absolute atomic E-state index is 11.5. The molecule has 0 saturated carbocycles. The summed E-state index contributed by atoms with van der Waals surface area (Å²) in [6.07, 6.45) is 0. The van der Waals surface area contributed by atoms with Crippen LogP contribution in [0.3, 0.4) is 0 Å². The Kier molecular flexibility index (Phi) is 5.45. The topological polar surface area (TPSA) is 134 Å². The molecule has 0 radical (unpaired) electrons. The number of nitro groups is 1. The van der Waals surface area contributed by atoms with Crippen molar-refractivity contribution in [2.45, 2.75) is 6.92 Å². The van der Waals surface area contributed by atoms with Crippen LogP contribution >= 0.6 is 0 Å². The second-order valence-electron chi connectivity index (χ2n) is 4.57. The zero-order valence-corrected chi connectivity index (χ0v) is 12.6. The molecule has 24 heavy (non-hydrogen) atoms. The van der Waals surface area contributed by atoms with E-state index in [0.717, 1.165) is 0 Å². The molecule has 2 rings (SSSR count). The number of rotatable bonds is 7. The third-order valence-electron chi connectivity index (χ3n) is 2.66. The van der Waals surface area contributed by atoms with Gasteiger partial charge in [0.05, 0.1) is 4.92 Å². The molecule has 0 spiro atoms. The van der Waals surface area contributed by atoms with E-state index in [9.17, 15) is 19.7 Å². The summed E-state index contributed by atoms with van der Waals surface area (Å²) >= 11 is 0. The Morgan fingerprint density at radius 3 is 2.58 bits per heavy atom. The largest absolute Gasteiger partial charge is 0.482 e. The third kappa shape index (κ3) is 5.09. The van der Waals surface area contributed by atoms with Crippen LogP contribution in [0.2, 0.25) is 0 Å². The van der Waals surface area contributed by atoms with Crippen LogP contribution in [-0.4, -0.2) is 35.2 Å². The van der Waals surface area contributed by atoms with E-state index in [-0.39, 0.29) is 17.3 Å². The number of carbonyl (C=O) groups is 2. The summed E-state index contributed by atoms with van der Waals surface area (Å²) in [5.74, 6) is -0.332. The lowest BCUT2D eigenvalue weighted by atomic mass is 10.3. The molecule has 2 aromatic rings. The van der Waals surface area contributed by atoms with Gasteiger partial charge in [0.15, 0.2) is 19.0 Å². The minimum Gasteiger partial charge on any atom is -0.482 e. The van der Waals surface area contributed by atoms with E-state index in [1.807, 2.05) is 0 Å². The standard InChI is InChI=1S/C14H13N3O7/c1-9-6-12(16-24-9)15-13(18)7-23-14(19)8-22-11-4-2-10(3-5-11)17(20)21/h2-6H,7-8H2,1H3,(H,15,16,18). The highest BCUT2D eigenvalue weighted by atomic mass is 16.6. The van der Waals surface area contributed by atoms with E-state index in [4.69, 9.17) is 14.0 Å². The van der Waals surface area contributed by atoms with E-state index in [1.54, 1.807) is 6.92 Å². The third-order valence-corrected chi connectivity index (χ3v) is 2.66. The Balaban J connectivity index is 1.71. The molecule has 126 valence electrons. The maximum atomic E-state index is 11.5. The fourth-order valence-corrected chi connectivity index (χ4v) is 1.60. The van der Waals surface area contributed by atoms with E-state index in [1.165, 1.54) is 30.3 Å². The van der Waals surface area contributed by atoms with Crippen LogP contribution in [0.25, 0.3) is 0 Å². The number of hydrogen-bond donors (Lipinski definition) is 1. The molecule has 0 atom stereocenters. The van der Waals surface area contributed by atoms with Crippen LogP contribution in [0.4, 0.5) is 11.5 Å². The van der Waals surface area contributed by atoms with Gasteiger partial charge < -0.3 is 19.3 Å². The Hall–Kier alpha value is -3.43. The van der Waals surface area contributed by atoms with Gasteiger partial charge in [0.25, 0.3) is 11.6 Å². The lowest BCUT2D eigenvalue weighted by Gasteiger charge is -2.06. The van der Waals surface area contributed by atoms with E-state index in [2.05, 4.69) is 10.5 Å². The summed E-state index contributed by atoms with van der Waals surface area (Å²) in [5.41, 5.74) is -0.0929. The highest BCUT2D eigenvalue weighted by Gasteiger charge is 2.11. The van der Waals surface area contributed by atoms with Gasteiger partial charge in [0.2, 0.25) is 0 Å². The van der Waals surface area contributed by atoms with Gasteiger partial charge in [-0.1, -0.05) is 5.16 Å². The first kappa shape index (κ1) is 16.9. The number of nitrogens with one attached hydrogen (secondary N) is 1. The molecule has 0 unspecified atom stereocenters. The van der Waals surface area contributed by atoms with Crippen molar-refractivity contribution in [1.29, 1.82) is 0 Å². The number of nitro benzene ring substituents is 1. The summed E-state index contributed by atoms with van der Waals surface area (Å²) in [4.78, 5) is 33.0. The number of benzene rings is 1. The quantitative estimate of drug-likeness (QED) is 0.456. The number of esters is 1. The van der Waals surface area contributed by atoms with Crippen molar-refractivity contribution in [3.63, 3.8) is 0 Å². The van der Waals surface area contributed by atoms with Gasteiger partial charge in [0, 0.05) is 18.2 Å². The van der Waals surface area contributed by atoms with Crippen LogP contribution in [0.5, 0.6) is 5.75 Å². The van der Waals surface area contributed by atoms with Gasteiger partial charge in [-0.15, -0.1) is 0 Å². The summed E-state index contributed by atoms with van der Waals surface area (Å²) in [6.45, 7) is 0.723. The van der Waals surface area contributed by atoms with E-state index in [0.29, 0.717) is 5.76 Å². The minimum absolute atomic E-state index is 0.0929. The number of carbonyl (C=O) groups excluding carboxylic acids is 2. The summed E-state index contributed by atoms with van der Waals surface area (Å²) in [7, 11) is 0. The second-order valence-corrected chi connectivity index (χ2v) is 4.57. The van der Waals surface area contributed by atoms with Gasteiger partial charge in [-0.05, 0) is 19.1 Å². The van der Waals surface area contributed by atoms with Crippen molar-refractivity contribution in [3.8, 4) is 5.75 Å². The van der Waals surface area contributed by atoms with Gasteiger partial charge in [-0.2, -0.15) is 0 Å². The molecule has 0 aliphatic rings. The van der Waals surface area contributed by atoms with E-state index < -0.39 is 30.0 Å². The fourth-order valence-electron chi connectivity index (χ4n) is 1.60. The average molecular weight is 335 g/mol. The molecule has 0 fully saturated rings. The number of amides is 1. The van der Waals surface area contributed by atoms with Crippen molar-refractivity contribution in [2.75, 3.05) is 18.5 Å². The molecule has 1 aromatic carbocycles. The first-order valence-electron chi connectivity index (χ1n) is 6.70. The van der Waals surface area contributed by atoms with Crippen LogP contribution in [-0.2, 0) is 14.3 Å². The molecule has 10 heteroatoms. The SMILES string of the molecule is Cc1cc(NC(=O)COC(=O)COc2ccc([N+](=O)[O-])cc2)no1. The Morgan fingerprint density at radius 2 is 2.00 bits per heavy atom. The normalized spacial score (nSPS) is 10.0. The number of aromatic nitrogens is 1. The Labute approximate surface area is 135 Å². The molecule has 0 aliphatic carbocycles. The molecular weight excluding hydrogens is 322 g/mol. The molecule has 1 heterocycles. The number of nitrogens with zero attached hydrogens (tertiary/aromatic N) is 2. The van der Waals surface area contributed by atoms with Crippen molar-refractivity contribution in [3.05, 3.63) is 46.2 Å². The lowest BCUT2D eigenvalue weighted by molar-refractivity contribution is -0.384. The fraction of sp³-hybridized carbons (Fsp3) is 0.214. The summed E-state index contributed by atoms with van der Waals surface area (Å²) in [6, 6.07) is 6.70. The monoisotopic (exact) mass is 335 g/mol. The number of aryl methyl sites for hydroxylation is 1. The van der Waals surface area contributed by atoms with Crippen molar-refractivity contribution >= 4 is 23.4 Å². The Morgan fingerprint density at radius 1 is 1.29 bits per heavy atom. The van der Waals surface area contributed by atoms with Crippen molar-refractivity contribution in [2.24, 2.45) is 0 Å². The van der Waals surface area contributed by atoms with Gasteiger partial charge in [-0.25, -0.2) is 4.79 Å².